The largest absolute Gasteiger partial charge is 0.490 e. The molecule has 0 heterocycles. The molecule has 0 saturated heterocycles. The number of halogens is 1. The molecule has 1 aromatic carbocycles. The quantitative estimate of drug-likeness (QED) is 0.526. The van der Waals surface area contributed by atoms with Gasteiger partial charge in [0.25, 0.3) is 0 Å². The van der Waals surface area contributed by atoms with E-state index < -0.39 is 0 Å². The standard InChI is InChI=1S/C16H26ClNO2/c1-4-16(5-2,13-17)18-11-12-20-15-10-8-7-9-14(15)19-6-3/h7-10,18H,4-6,11-13H2,1-3H3. The Bertz CT molecular complexity index is 372. The monoisotopic (exact) mass is 299 g/mol. The van der Waals surface area contributed by atoms with Gasteiger partial charge in [-0.1, -0.05) is 26.0 Å². The summed E-state index contributed by atoms with van der Waals surface area (Å²) in [4.78, 5) is 0. The maximum Gasteiger partial charge on any atom is 0.161 e. The number of alkyl halides is 1. The molecule has 0 aliphatic carbocycles. The van der Waals surface area contributed by atoms with Gasteiger partial charge in [-0.05, 0) is 31.9 Å². The van der Waals surface area contributed by atoms with Crippen LogP contribution in [0.15, 0.2) is 24.3 Å². The molecule has 1 N–H and O–H groups in total. The molecule has 0 unspecified atom stereocenters. The van der Waals surface area contributed by atoms with Gasteiger partial charge in [0.15, 0.2) is 11.5 Å². The third-order valence-corrected chi connectivity index (χ3v) is 4.13. The molecule has 20 heavy (non-hydrogen) atoms. The van der Waals surface area contributed by atoms with Crippen molar-refractivity contribution in [1.82, 2.24) is 5.32 Å². The molecule has 1 rings (SSSR count). The molecule has 0 atom stereocenters. The molecule has 0 fully saturated rings. The third-order valence-electron chi connectivity index (χ3n) is 3.62. The van der Waals surface area contributed by atoms with Crippen molar-refractivity contribution >= 4 is 11.6 Å². The zero-order valence-corrected chi connectivity index (χ0v) is 13.5. The van der Waals surface area contributed by atoms with Gasteiger partial charge in [-0.25, -0.2) is 0 Å². The van der Waals surface area contributed by atoms with Gasteiger partial charge in [-0.15, -0.1) is 11.6 Å². The molecule has 0 radical (unpaired) electrons. The van der Waals surface area contributed by atoms with Crippen LogP contribution in [0.2, 0.25) is 0 Å². The van der Waals surface area contributed by atoms with Gasteiger partial charge in [-0.2, -0.15) is 0 Å². The van der Waals surface area contributed by atoms with Crippen LogP contribution in [0.4, 0.5) is 0 Å². The molecule has 4 heteroatoms. The highest BCUT2D eigenvalue weighted by Gasteiger charge is 2.23. The van der Waals surface area contributed by atoms with Gasteiger partial charge in [0.1, 0.15) is 6.61 Å². The van der Waals surface area contributed by atoms with E-state index in [4.69, 9.17) is 21.1 Å². The fourth-order valence-corrected chi connectivity index (χ4v) is 2.53. The third kappa shape index (κ3) is 4.88. The summed E-state index contributed by atoms with van der Waals surface area (Å²) in [5, 5.41) is 3.51. The summed E-state index contributed by atoms with van der Waals surface area (Å²) < 4.78 is 11.3. The summed E-state index contributed by atoms with van der Waals surface area (Å²) in [6.45, 7) is 8.29. The lowest BCUT2D eigenvalue weighted by Gasteiger charge is -2.30. The Morgan fingerprint density at radius 3 is 2.15 bits per heavy atom. The summed E-state index contributed by atoms with van der Waals surface area (Å²) in [7, 11) is 0. The van der Waals surface area contributed by atoms with E-state index in [0.717, 1.165) is 30.9 Å². The lowest BCUT2D eigenvalue weighted by Crippen LogP contribution is -2.47. The summed E-state index contributed by atoms with van der Waals surface area (Å²) in [6, 6.07) is 7.75. The highest BCUT2D eigenvalue weighted by Crippen LogP contribution is 2.26. The maximum absolute atomic E-state index is 6.06. The average molecular weight is 300 g/mol. The van der Waals surface area contributed by atoms with Gasteiger partial charge >= 0.3 is 0 Å². The van der Waals surface area contributed by atoms with Crippen LogP contribution in [0.3, 0.4) is 0 Å². The smallest absolute Gasteiger partial charge is 0.161 e. The minimum Gasteiger partial charge on any atom is -0.490 e. The first-order valence-corrected chi connectivity index (χ1v) is 7.90. The highest BCUT2D eigenvalue weighted by molar-refractivity contribution is 6.18. The zero-order chi connectivity index (χ0) is 14.8. The van der Waals surface area contributed by atoms with E-state index in [1.165, 1.54) is 0 Å². The van der Waals surface area contributed by atoms with Crippen LogP contribution in [0.1, 0.15) is 33.6 Å². The molecule has 114 valence electrons. The Balaban J connectivity index is 2.45. The first kappa shape index (κ1) is 17.1. The van der Waals surface area contributed by atoms with E-state index in [-0.39, 0.29) is 5.54 Å². The van der Waals surface area contributed by atoms with Crippen molar-refractivity contribution in [3.8, 4) is 11.5 Å². The van der Waals surface area contributed by atoms with Crippen LogP contribution in [-0.4, -0.2) is 31.2 Å². The van der Waals surface area contributed by atoms with E-state index in [2.05, 4.69) is 19.2 Å². The van der Waals surface area contributed by atoms with Crippen molar-refractivity contribution < 1.29 is 9.47 Å². The molecule has 3 nitrogen and oxygen atoms in total. The number of hydrogen-bond acceptors (Lipinski definition) is 3. The first-order chi connectivity index (χ1) is 9.71. The van der Waals surface area contributed by atoms with Gasteiger partial charge in [0, 0.05) is 18.0 Å². The molecular weight excluding hydrogens is 274 g/mol. The van der Waals surface area contributed by atoms with Crippen LogP contribution >= 0.6 is 11.6 Å². The number of para-hydroxylation sites is 2. The summed E-state index contributed by atoms with van der Waals surface area (Å²) in [6.07, 6.45) is 2.03. The SMILES string of the molecule is CCOc1ccccc1OCCNC(CC)(CC)CCl. The Labute approximate surface area is 127 Å². The molecule has 0 aromatic heterocycles. The molecule has 1 aromatic rings. The van der Waals surface area contributed by atoms with Crippen molar-refractivity contribution in [3.63, 3.8) is 0 Å². The normalized spacial score (nSPS) is 11.4. The Hall–Kier alpha value is -0.930. The molecule has 0 amide bonds. The van der Waals surface area contributed by atoms with Crippen LogP contribution < -0.4 is 14.8 Å². The second-order valence-corrected chi connectivity index (χ2v) is 5.04. The highest BCUT2D eigenvalue weighted by atomic mass is 35.5. The zero-order valence-electron chi connectivity index (χ0n) is 12.7. The van der Waals surface area contributed by atoms with Crippen molar-refractivity contribution in [2.24, 2.45) is 0 Å². The van der Waals surface area contributed by atoms with Crippen molar-refractivity contribution in [3.05, 3.63) is 24.3 Å². The summed E-state index contributed by atoms with van der Waals surface area (Å²) in [5.41, 5.74) is 0.0182. The average Bonchev–Trinajstić information content (AvgIpc) is 2.50. The van der Waals surface area contributed by atoms with E-state index in [1.807, 2.05) is 31.2 Å². The van der Waals surface area contributed by atoms with Crippen molar-refractivity contribution in [2.75, 3.05) is 25.6 Å². The number of benzene rings is 1. The number of ether oxygens (including phenoxy) is 2. The molecule has 0 spiro atoms. The molecule has 0 aliphatic heterocycles. The van der Waals surface area contributed by atoms with E-state index >= 15 is 0 Å². The van der Waals surface area contributed by atoms with Gasteiger partial charge in [0.2, 0.25) is 0 Å². The lowest BCUT2D eigenvalue weighted by molar-refractivity contribution is 0.252. The maximum atomic E-state index is 6.06. The molecule has 0 bridgehead atoms. The summed E-state index contributed by atoms with van der Waals surface area (Å²) >= 11 is 6.06. The van der Waals surface area contributed by atoms with Gasteiger partial charge in [0.05, 0.1) is 6.61 Å². The second-order valence-electron chi connectivity index (χ2n) is 4.78. The van der Waals surface area contributed by atoms with Crippen LogP contribution in [0.5, 0.6) is 11.5 Å². The van der Waals surface area contributed by atoms with Gasteiger partial charge < -0.3 is 14.8 Å². The minimum atomic E-state index is 0.0182. The molecule has 0 saturated carbocycles. The molecular formula is C16H26ClNO2. The van der Waals surface area contributed by atoms with E-state index in [0.29, 0.717) is 19.1 Å². The summed E-state index contributed by atoms with van der Waals surface area (Å²) in [5.74, 6) is 2.21. The fraction of sp³-hybridized carbons (Fsp3) is 0.625. The Morgan fingerprint density at radius 2 is 1.65 bits per heavy atom. The van der Waals surface area contributed by atoms with Crippen LogP contribution in [0, 0.1) is 0 Å². The number of nitrogens with one attached hydrogen (secondary N) is 1. The van der Waals surface area contributed by atoms with Crippen LogP contribution in [-0.2, 0) is 0 Å². The van der Waals surface area contributed by atoms with E-state index in [1.54, 1.807) is 0 Å². The predicted molar refractivity (Wildman–Crippen MR) is 85.1 cm³/mol. The Kier molecular flexibility index (Phi) is 7.78. The van der Waals surface area contributed by atoms with E-state index in [9.17, 15) is 0 Å². The second kappa shape index (κ2) is 9.09. The lowest BCUT2D eigenvalue weighted by atomic mass is 9.95. The fourth-order valence-electron chi connectivity index (χ4n) is 2.06. The van der Waals surface area contributed by atoms with Crippen molar-refractivity contribution in [2.45, 2.75) is 39.2 Å². The minimum absolute atomic E-state index is 0.0182. The molecule has 0 aliphatic rings. The Morgan fingerprint density at radius 1 is 1.05 bits per heavy atom. The first-order valence-electron chi connectivity index (χ1n) is 7.37. The number of rotatable bonds is 10. The van der Waals surface area contributed by atoms with Crippen LogP contribution in [0.25, 0.3) is 0 Å². The topological polar surface area (TPSA) is 30.5 Å². The number of hydrogen-bond donors (Lipinski definition) is 1. The predicted octanol–water partition coefficient (Wildman–Crippen LogP) is 3.85. The van der Waals surface area contributed by atoms with Gasteiger partial charge in [-0.3, -0.25) is 0 Å². The van der Waals surface area contributed by atoms with Crippen molar-refractivity contribution in [1.29, 1.82) is 0 Å².